The Hall–Kier alpha value is 0.440. The molecule has 0 N–H and O–H groups in total. The fraction of sp³-hybridized carbons (Fsp3) is 0. The van der Waals surface area contributed by atoms with E-state index in [1.165, 1.54) is 11.8 Å². The highest BCUT2D eigenvalue weighted by Crippen LogP contribution is 2.34. The summed E-state index contributed by atoms with van der Waals surface area (Å²) in [5.41, 5.74) is 0. The normalized spacial score (nSPS) is 10.2. The fourth-order valence-electron chi connectivity index (χ4n) is 0.616. The van der Waals surface area contributed by atoms with Gasteiger partial charge in [-0.1, -0.05) is 34.8 Å². The predicted molar refractivity (Wildman–Crippen MR) is 52.7 cm³/mol. The van der Waals surface area contributed by atoms with E-state index in [-0.39, 0.29) is 0 Å². The second-order valence-corrected chi connectivity index (χ2v) is 3.80. The number of hydrogen-bond donors (Lipinski definition) is 0. The van der Waals surface area contributed by atoms with Gasteiger partial charge >= 0.3 is 0 Å². The molecule has 0 spiro atoms. The average Bonchev–Trinajstić information content (AvgIpc) is 1.99. The van der Waals surface area contributed by atoms with E-state index in [4.69, 9.17) is 34.8 Å². The van der Waals surface area contributed by atoms with E-state index in [0.29, 0.717) is 15.1 Å². The summed E-state index contributed by atoms with van der Waals surface area (Å²) in [6.45, 7) is 0. The van der Waals surface area contributed by atoms with Gasteiger partial charge < -0.3 is 0 Å². The van der Waals surface area contributed by atoms with Gasteiger partial charge in [-0.15, -0.1) is 11.8 Å². The summed E-state index contributed by atoms with van der Waals surface area (Å²) in [7, 11) is 0. The van der Waals surface area contributed by atoms with Crippen molar-refractivity contribution in [1.29, 1.82) is 0 Å². The predicted octanol–water partition coefficient (Wildman–Crippen LogP) is 4.53. The van der Waals surface area contributed by atoms with E-state index in [2.05, 4.69) is 6.26 Å². The van der Waals surface area contributed by atoms with Gasteiger partial charge in [0.25, 0.3) is 0 Å². The average molecular weight is 227 g/mol. The molecule has 0 aliphatic heterocycles. The minimum Gasteiger partial charge on any atom is -0.125 e. The van der Waals surface area contributed by atoms with Gasteiger partial charge in [-0.2, -0.15) is 0 Å². The van der Waals surface area contributed by atoms with Gasteiger partial charge in [0.1, 0.15) is 0 Å². The molecular formula is C7H4Cl3S. The smallest absolute Gasteiger partial charge is 0.0779 e. The first-order chi connectivity index (χ1) is 5.15. The van der Waals surface area contributed by atoms with Crippen LogP contribution in [0.5, 0.6) is 0 Å². The van der Waals surface area contributed by atoms with Crippen LogP contribution in [-0.2, 0) is 0 Å². The zero-order valence-corrected chi connectivity index (χ0v) is 8.49. The second kappa shape index (κ2) is 3.90. The van der Waals surface area contributed by atoms with Gasteiger partial charge in [0.15, 0.2) is 0 Å². The lowest BCUT2D eigenvalue weighted by atomic mass is 10.4. The van der Waals surface area contributed by atoms with Crippen molar-refractivity contribution in [2.75, 3.05) is 0 Å². The van der Waals surface area contributed by atoms with Gasteiger partial charge in [-0.25, -0.2) is 0 Å². The van der Waals surface area contributed by atoms with Gasteiger partial charge in [0.05, 0.1) is 15.1 Å². The van der Waals surface area contributed by atoms with Gasteiger partial charge in [-0.3, -0.25) is 0 Å². The van der Waals surface area contributed by atoms with E-state index in [9.17, 15) is 0 Å². The standard InChI is InChI=1S/C7H4Cl3S/c1-11-4-2-5(8)7(10)6(9)3-4/h2-3H,1H2. The molecule has 0 saturated carbocycles. The van der Waals surface area contributed by atoms with Crippen LogP contribution in [0.15, 0.2) is 17.0 Å². The zero-order valence-electron chi connectivity index (χ0n) is 5.40. The number of rotatable bonds is 1. The van der Waals surface area contributed by atoms with Crippen molar-refractivity contribution >= 4 is 46.6 Å². The molecule has 1 rings (SSSR count). The third-order valence-electron chi connectivity index (χ3n) is 1.12. The quantitative estimate of drug-likeness (QED) is 0.501. The van der Waals surface area contributed by atoms with Crippen LogP contribution in [-0.4, -0.2) is 0 Å². The van der Waals surface area contributed by atoms with Crippen LogP contribution in [0, 0.1) is 6.26 Å². The molecule has 0 nitrogen and oxygen atoms in total. The second-order valence-electron chi connectivity index (χ2n) is 1.85. The summed E-state index contributed by atoms with van der Waals surface area (Å²) in [4.78, 5) is 0.907. The zero-order chi connectivity index (χ0) is 8.43. The molecule has 0 aliphatic carbocycles. The van der Waals surface area contributed by atoms with Gasteiger partial charge in [0, 0.05) is 11.2 Å². The lowest BCUT2D eigenvalue weighted by molar-refractivity contribution is 1.47. The Labute approximate surface area is 84.8 Å². The molecule has 0 aromatic heterocycles. The first-order valence-corrected chi connectivity index (χ1v) is 4.83. The van der Waals surface area contributed by atoms with Crippen molar-refractivity contribution in [2.24, 2.45) is 0 Å². The lowest BCUT2D eigenvalue weighted by Gasteiger charge is -2.01. The first-order valence-electron chi connectivity index (χ1n) is 2.71. The van der Waals surface area contributed by atoms with Crippen molar-refractivity contribution in [3.63, 3.8) is 0 Å². The Kier molecular flexibility index (Phi) is 3.38. The number of thioether (sulfide) groups is 1. The van der Waals surface area contributed by atoms with E-state index < -0.39 is 0 Å². The molecule has 0 bridgehead atoms. The third kappa shape index (κ3) is 2.19. The number of hydrogen-bond acceptors (Lipinski definition) is 1. The van der Waals surface area contributed by atoms with E-state index >= 15 is 0 Å². The summed E-state index contributed by atoms with van der Waals surface area (Å²) in [6.07, 6.45) is 3.62. The van der Waals surface area contributed by atoms with Crippen molar-refractivity contribution < 1.29 is 0 Å². The van der Waals surface area contributed by atoms with Crippen LogP contribution < -0.4 is 0 Å². The Morgan fingerprint density at radius 3 is 1.91 bits per heavy atom. The molecular weight excluding hydrogens is 223 g/mol. The number of halogens is 3. The van der Waals surface area contributed by atoms with Crippen LogP contribution >= 0.6 is 46.6 Å². The maximum Gasteiger partial charge on any atom is 0.0779 e. The highest BCUT2D eigenvalue weighted by atomic mass is 35.5. The molecule has 0 unspecified atom stereocenters. The van der Waals surface area contributed by atoms with Crippen LogP contribution in [0.25, 0.3) is 0 Å². The minimum atomic E-state index is 0.395. The molecule has 0 fully saturated rings. The SMILES string of the molecule is [CH2]Sc1cc(Cl)c(Cl)c(Cl)c1. The molecule has 4 heteroatoms. The van der Waals surface area contributed by atoms with Gasteiger partial charge in [0.2, 0.25) is 0 Å². The Morgan fingerprint density at radius 2 is 1.55 bits per heavy atom. The van der Waals surface area contributed by atoms with E-state index in [1.807, 2.05) is 0 Å². The summed E-state index contributed by atoms with van der Waals surface area (Å²) >= 11 is 18.5. The fourth-order valence-corrected chi connectivity index (χ4v) is 1.74. The van der Waals surface area contributed by atoms with Crippen molar-refractivity contribution in [3.05, 3.63) is 33.5 Å². The van der Waals surface area contributed by atoms with E-state index in [0.717, 1.165) is 4.90 Å². The first kappa shape index (κ1) is 9.53. The molecule has 0 amide bonds. The largest absolute Gasteiger partial charge is 0.125 e. The Bertz CT molecular complexity index is 249. The lowest BCUT2D eigenvalue weighted by Crippen LogP contribution is -1.73. The summed E-state index contributed by atoms with van der Waals surface area (Å²) in [6, 6.07) is 3.46. The molecule has 11 heavy (non-hydrogen) atoms. The molecule has 0 saturated heterocycles. The van der Waals surface area contributed by atoms with Crippen LogP contribution in [0.2, 0.25) is 15.1 Å². The molecule has 1 aromatic rings. The highest BCUT2D eigenvalue weighted by molar-refractivity contribution is 8.00. The monoisotopic (exact) mass is 225 g/mol. The molecule has 59 valence electrons. The summed E-state index contributed by atoms with van der Waals surface area (Å²) < 4.78 is 0. The highest BCUT2D eigenvalue weighted by Gasteiger charge is 2.04. The summed E-state index contributed by atoms with van der Waals surface area (Å²) in [5, 5.41) is 1.32. The van der Waals surface area contributed by atoms with Crippen molar-refractivity contribution in [3.8, 4) is 0 Å². The number of benzene rings is 1. The minimum absolute atomic E-state index is 0.395. The van der Waals surface area contributed by atoms with Crippen LogP contribution in [0.4, 0.5) is 0 Å². The molecule has 0 heterocycles. The third-order valence-corrected chi connectivity index (χ3v) is 2.89. The van der Waals surface area contributed by atoms with Crippen molar-refractivity contribution in [1.82, 2.24) is 0 Å². The molecule has 0 atom stereocenters. The van der Waals surface area contributed by atoms with Crippen LogP contribution in [0.1, 0.15) is 0 Å². The van der Waals surface area contributed by atoms with Crippen molar-refractivity contribution in [2.45, 2.75) is 4.90 Å². The Morgan fingerprint density at radius 1 is 1.09 bits per heavy atom. The van der Waals surface area contributed by atoms with Gasteiger partial charge in [-0.05, 0) is 12.1 Å². The molecule has 0 aliphatic rings. The maximum absolute atomic E-state index is 5.74. The summed E-state index contributed by atoms with van der Waals surface area (Å²) in [5.74, 6) is 0. The topological polar surface area (TPSA) is 0 Å². The van der Waals surface area contributed by atoms with Crippen LogP contribution in [0.3, 0.4) is 0 Å². The molecule has 1 aromatic carbocycles. The Balaban J connectivity index is 3.21. The maximum atomic E-state index is 5.74. The van der Waals surface area contributed by atoms with E-state index in [1.54, 1.807) is 12.1 Å². The molecule has 1 radical (unpaired) electrons.